The van der Waals surface area contributed by atoms with Gasteiger partial charge >= 0.3 is 5.97 Å². The Balaban J connectivity index is 4.33. The molecule has 0 saturated heterocycles. The number of rotatable bonds is 7. The zero-order valence-corrected chi connectivity index (χ0v) is 11.2. The number of esters is 1. The number of hydrogen-bond donors (Lipinski definition) is 1. The molecule has 0 fully saturated rings. The minimum Gasteiger partial charge on any atom is -0.468 e. The summed E-state index contributed by atoms with van der Waals surface area (Å²) in [7, 11) is 1.44. The van der Waals surface area contributed by atoms with Crippen molar-refractivity contribution >= 4 is 17.7 Å². The van der Waals surface area contributed by atoms with E-state index >= 15 is 0 Å². The molecule has 0 spiro atoms. The van der Waals surface area contributed by atoms with Gasteiger partial charge in [0.1, 0.15) is 5.54 Å². The van der Waals surface area contributed by atoms with Crippen molar-refractivity contribution in [2.24, 2.45) is 0 Å². The minimum absolute atomic E-state index is 0.177. The van der Waals surface area contributed by atoms with E-state index in [0.717, 1.165) is 18.7 Å². The maximum Gasteiger partial charge on any atom is 0.326 e. The van der Waals surface area contributed by atoms with Gasteiger partial charge in [-0.2, -0.15) is 11.8 Å². The Kier molecular flexibility index (Phi) is 7.02. The molecule has 0 aliphatic carbocycles. The van der Waals surface area contributed by atoms with Gasteiger partial charge in [0, 0.05) is 5.75 Å². The molecule has 1 atom stereocenters. The van der Waals surface area contributed by atoms with Gasteiger partial charge in [0.15, 0.2) is 0 Å². The molecular formula is C11H23NO2S. The average molecular weight is 233 g/mol. The SMILES string of the molecule is CCCNC(C)(CSC(C)C)C(=O)OC. The first-order valence-corrected chi connectivity index (χ1v) is 6.46. The Morgan fingerprint density at radius 3 is 2.53 bits per heavy atom. The van der Waals surface area contributed by atoms with Gasteiger partial charge in [0.2, 0.25) is 0 Å². The second-order valence-electron chi connectivity index (χ2n) is 4.11. The van der Waals surface area contributed by atoms with Gasteiger partial charge in [0.05, 0.1) is 7.11 Å². The first-order chi connectivity index (χ1) is 6.96. The van der Waals surface area contributed by atoms with Crippen LogP contribution in [0.1, 0.15) is 34.1 Å². The van der Waals surface area contributed by atoms with Crippen LogP contribution in [0.3, 0.4) is 0 Å². The molecular weight excluding hydrogens is 210 g/mol. The fraction of sp³-hybridized carbons (Fsp3) is 0.909. The largest absolute Gasteiger partial charge is 0.468 e. The Labute approximate surface area is 97.3 Å². The molecule has 0 aromatic rings. The molecule has 0 amide bonds. The van der Waals surface area contributed by atoms with Gasteiger partial charge in [-0.15, -0.1) is 0 Å². The van der Waals surface area contributed by atoms with E-state index in [1.807, 2.05) is 6.92 Å². The van der Waals surface area contributed by atoms with Crippen LogP contribution in [0.5, 0.6) is 0 Å². The summed E-state index contributed by atoms with van der Waals surface area (Å²) >= 11 is 1.77. The second-order valence-corrected chi connectivity index (χ2v) is 5.68. The molecule has 15 heavy (non-hydrogen) atoms. The lowest BCUT2D eigenvalue weighted by atomic mass is 10.1. The van der Waals surface area contributed by atoms with Crippen molar-refractivity contribution in [2.45, 2.75) is 44.9 Å². The highest BCUT2D eigenvalue weighted by molar-refractivity contribution is 7.99. The molecule has 0 aromatic carbocycles. The fourth-order valence-electron chi connectivity index (χ4n) is 1.14. The highest BCUT2D eigenvalue weighted by Crippen LogP contribution is 2.18. The van der Waals surface area contributed by atoms with Crippen LogP contribution in [-0.2, 0) is 9.53 Å². The van der Waals surface area contributed by atoms with E-state index < -0.39 is 5.54 Å². The number of hydrogen-bond acceptors (Lipinski definition) is 4. The fourth-order valence-corrected chi connectivity index (χ4v) is 2.03. The normalized spacial score (nSPS) is 15.1. The van der Waals surface area contributed by atoms with Crippen LogP contribution in [0.2, 0.25) is 0 Å². The molecule has 4 heteroatoms. The molecule has 0 aliphatic rings. The zero-order chi connectivity index (χ0) is 11.9. The van der Waals surface area contributed by atoms with Crippen molar-refractivity contribution in [2.75, 3.05) is 19.4 Å². The topological polar surface area (TPSA) is 38.3 Å². The monoisotopic (exact) mass is 233 g/mol. The van der Waals surface area contributed by atoms with Crippen LogP contribution >= 0.6 is 11.8 Å². The number of carbonyl (C=O) groups is 1. The van der Waals surface area contributed by atoms with Gasteiger partial charge in [-0.25, -0.2) is 0 Å². The number of ether oxygens (including phenoxy) is 1. The molecule has 1 unspecified atom stereocenters. The number of nitrogens with one attached hydrogen (secondary N) is 1. The Bertz CT molecular complexity index is 197. The molecule has 0 rings (SSSR count). The molecule has 1 N–H and O–H groups in total. The summed E-state index contributed by atoms with van der Waals surface area (Å²) in [6, 6.07) is 0. The summed E-state index contributed by atoms with van der Waals surface area (Å²) in [6.07, 6.45) is 1.01. The predicted octanol–water partition coefficient (Wildman–Crippen LogP) is 2.06. The molecule has 0 radical (unpaired) electrons. The third-order valence-electron chi connectivity index (χ3n) is 2.11. The van der Waals surface area contributed by atoms with Crippen LogP contribution in [0, 0.1) is 0 Å². The number of thioether (sulfide) groups is 1. The summed E-state index contributed by atoms with van der Waals surface area (Å²) in [5.41, 5.74) is -0.556. The molecule has 0 heterocycles. The van der Waals surface area contributed by atoms with E-state index in [1.54, 1.807) is 11.8 Å². The highest BCUT2D eigenvalue weighted by Gasteiger charge is 2.33. The van der Waals surface area contributed by atoms with Crippen LogP contribution in [0.25, 0.3) is 0 Å². The van der Waals surface area contributed by atoms with E-state index in [0.29, 0.717) is 5.25 Å². The third kappa shape index (κ3) is 5.42. The summed E-state index contributed by atoms with van der Waals surface area (Å²) in [5, 5.41) is 3.78. The molecule has 90 valence electrons. The summed E-state index contributed by atoms with van der Waals surface area (Å²) in [6.45, 7) is 9.08. The van der Waals surface area contributed by atoms with Crippen LogP contribution in [-0.4, -0.2) is 36.2 Å². The second kappa shape index (κ2) is 7.12. The third-order valence-corrected chi connectivity index (χ3v) is 3.52. The number of carbonyl (C=O) groups excluding carboxylic acids is 1. The van der Waals surface area contributed by atoms with Crippen molar-refractivity contribution in [1.82, 2.24) is 5.32 Å². The maximum atomic E-state index is 11.7. The van der Waals surface area contributed by atoms with E-state index in [4.69, 9.17) is 4.74 Å². The van der Waals surface area contributed by atoms with Crippen LogP contribution in [0.15, 0.2) is 0 Å². The standard InChI is InChI=1S/C11H23NO2S/c1-6-7-12-11(4,10(13)14-5)8-15-9(2)3/h9,12H,6-8H2,1-5H3. The lowest BCUT2D eigenvalue weighted by molar-refractivity contribution is -0.146. The maximum absolute atomic E-state index is 11.7. The molecule has 0 aliphatic heterocycles. The lowest BCUT2D eigenvalue weighted by Gasteiger charge is -2.28. The van der Waals surface area contributed by atoms with Gasteiger partial charge in [-0.3, -0.25) is 4.79 Å². The molecule has 0 aromatic heterocycles. The van der Waals surface area contributed by atoms with E-state index in [1.165, 1.54) is 7.11 Å². The van der Waals surface area contributed by atoms with Crippen LogP contribution in [0.4, 0.5) is 0 Å². The Hall–Kier alpha value is -0.220. The van der Waals surface area contributed by atoms with Gasteiger partial charge in [0.25, 0.3) is 0 Å². The van der Waals surface area contributed by atoms with Crippen molar-refractivity contribution in [3.8, 4) is 0 Å². The number of methoxy groups -OCH3 is 1. The summed E-state index contributed by atoms with van der Waals surface area (Å²) < 4.78 is 4.83. The van der Waals surface area contributed by atoms with Crippen molar-refractivity contribution < 1.29 is 9.53 Å². The first-order valence-electron chi connectivity index (χ1n) is 5.41. The van der Waals surface area contributed by atoms with Crippen molar-refractivity contribution in [1.29, 1.82) is 0 Å². The van der Waals surface area contributed by atoms with E-state index in [-0.39, 0.29) is 5.97 Å². The van der Waals surface area contributed by atoms with Crippen LogP contribution < -0.4 is 5.32 Å². The average Bonchev–Trinajstić information content (AvgIpc) is 2.22. The van der Waals surface area contributed by atoms with Gasteiger partial charge in [-0.1, -0.05) is 20.8 Å². The zero-order valence-electron chi connectivity index (χ0n) is 10.4. The minimum atomic E-state index is -0.556. The summed E-state index contributed by atoms with van der Waals surface area (Å²) in [5.74, 6) is 0.571. The van der Waals surface area contributed by atoms with Gasteiger partial charge < -0.3 is 10.1 Å². The quantitative estimate of drug-likeness (QED) is 0.683. The van der Waals surface area contributed by atoms with E-state index in [9.17, 15) is 4.79 Å². The van der Waals surface area contributed by atoms with Crippen molar-refractivity contribution in [3.05, 3.63) is 0 Å². The van der Waals surface area contributed by atoms with E-state index in [2.05, 4.69) is 26.1 Å². The van der Waals surface area contributed by atoms with Crippen molar-refractivity contribution in [3.63, 3.8) is 0 Å². The summed E-state index contributed by atoms with van der Waals surface area (Å²) in [4.78, 5) is 11.7. The van der Waals surface area contributed by atoms with Gasteiger partial charge in [-0.05, 0) is 25.1 Å². The first kappa shape index (κ1) is 14.8. The lowest BCUT2D eigenvalue weighted by Crippen LogP contribution is -2.52. The Morgan fingerprint density at radius 2 is 2.13 bits per heavy atom. The molecule has 3 nitrogen and oxygen atoms in total. The molecule has 0 saturated carbocycles. The highest BCUT2D eigenvalue weighted by atomic mass is 32.2. The molecule has 0 bridgehead atoms. The predicted molar refractivity (Wildman–Crippen MR) is 66.3 cm³/mol. The smallest absolute Gasteiger partial charge is 0.326 e. The Morgan fingerprint density at radius 1 is 1.53 bits per heavy atom.